The van der Waals surface area contributed by atoms with Gasteiger partial charge in [-0.05, 0) is 32.1 Å². The van der Waals surface area contributed by atoms with Crippen LogP contribution >= 0.6 is 11.3 Å². The fourth-order valence-electron chi connectivity index (χ4n) is 3.62. The Balaban J connectivity index is 1.40. The van der Waals surface area contributed by atoms with Gasteiger partial charge in [0.2, 0.25) is 5.91 Å². The van der Waals surface area contributed by atoms with Crippen LogP contribution in [0.4, 0.5) is 0 Å². The van der Waals surface area contributed by atoms with Gasteiger partial charge in [-0.3, -0.25) is 9.69 Å². The summed E-state index contributed by atoms with van der Waals surface area (Å²) in [5, 5.41) is 2.75. The number of hydrogen-bond donors (Lipinski definition) is 0. The molecule has 1 aromatic rings. The van der Waals surface area contributed by atoms with Crippen molar-refractivity contribution in [1.29, 1.82) is 0 Å². The SMILES string of the molecule is CCCC(=O)N1CCC(N2CCC(Oc3nccs3)CC2)CC1. The van der Waals surface area contributed by atoms with Crippen LogP contribution in [-0.2, 0) is 4.79 Å². The summed E-state index contributed by atoms with van der Waals surface area (Å²) in [4.78, 5) is 20.8. The molecule has 0 aliphatic carbocycles. The van der Waals surface area contributed by atoms with E-state index in [2.05, 4.69) is 21.7 Å². The third-order valence-electron chi connectivity index (χ3n) is 4.95. The molecule has 3 rings (SSSR count). The lowest BCUT2D eigenvalue weighted by Gasteiger charge is -2.41. The van der Waals surface area contributed by atoms with E-state index in [1.807, 2.05) is 5.38 Å². The lowest BCUT2D eigenvalue weighted by atomic mass is 9.98. The molecule has 3 heterocycles. The van der Waals surface area contributed by atoms with Gasteiger partial charge in [-0.2, -0.15) is 0 Å². The fraction of sp³-hybridized carbons (Fsp3) is 0.765. The summed E-state index contributed by atoms with van der Waals surface area (Å²) in [7, 11) is 0. The van der Waals surface area contributed by atoms with E-state index >= 15 is 0 Å². The molecule has 0 radical (unpaired) electrons. The Morgan fingerprint density at radius 1 is 1.26 bits per heavy atom. The molecular formula is C17H27N3O2S. The molecule has 2 aliphatic rings. The minimum atomic E-state index is 0.309. The van der Waals surface area contributed by atoms with Gasteiger partial charge in [-0.15, -0.1) is 0 Å². The predicted octanol–water partition coefficient (Wildman–Crippen LogP) is 2.78. The predicted molar refractivity (Wildman–Crippen MR) is 91.8 cm³/mol. The molecule has 0 spiro atoms. The van der Waals surface area contributed by atoms with E-state index in [1.165, 1.54) is 0 Å². The second kappa shape index (κ2) is 8.11. The van der Waals surface area contributed by atoms with E-state index in [0.717, 1.165) is 63.5 Å². The minimum absolute atomic E-state index is 0.309. The van der Waals surface area contributed by atoms with Crippen molar-refractivity contribution < 1.29 is 9.53 Å². The maximum atomic E-state index is 12.0. The number of likely N-dealkylation sites (tertiary alicyclic amines) is 2. The van der Waals surface area contributed by atoms with E-state index in [-0.39, 0.29) is 0 Å². The quantitative estimate of drug-likeness (QED) is 0.829. The van der Waals surface area contributed by atoms with Gasteiger partial charge in [0.15, 0.2) is 0 Å². The Labute approximate surface area is 142 Å². The van der Waals surface area contributed by atoms with E-state index in [4.69, 9.17) is 4.74 Å². The molecule has 0 saturated carbocycles. The van der Waals surface area contributed by atoms with Crippen LogP contribution in [0, 0.1) is 0 Å². The third kappa shape index (κ3) is 4.44. The monoisotopic (exact) mass is 337 g/mol. The zero-order valence-corrected chi connectivity index (χ0v) is 14.8. The van der Waals surface area contributed by atoms with Gasteiger partial charge >= 0.3 is 0 Å². The van der Waals surface area contributed by atoms with Crippen LogP contribution in [0.5, 0.6) is 5.19 Å². The van der Waals surface area contributed by atoms with Gasteiger partial charge in [-0.1, -0.05) is 18.3 Å². The van der Waals surface area contributed by atoms with Gasteiger partial charge in [0.05, 0.1) is 0 Å². The Bertz CT molecular complexity index is 478. The average Bonchev–Trinajstić information content (AvgIpc) is 3.09. The molecule has 0 N–H and O–H groups in total. The van der Waals surface area contributed by atoms with Gasteiger partial charge in [0, 0.05) is 50.2 Å². The van der Waals surface area contributed by atoms with Crippen LogP contribution in [0.1, 0.15) is 45.4 Å². The van der Waals surface area contributed by atoms with Crippen molar-refractivity contribution in [2.45, 2.75) is 57.6 Å². The van der Waals surface area contributed by atoms with Crippen LogP contribution < -0.4 is 4.74 Å². The second-order valence-corrected chi connectivity index (χ2v) is 7.37. The summed E-state index contributed by atoms with van der Waals surface area (Å²) < 4.78 is 5.93. The van der Waals surface area contributed by atoms with E-state index in [9.17, 15) is 4.79 Å². The first-order valence-electron chi connectivity index (χ1n) is 8.84. The number of aromatic nitrogens is 1. The molecule has 2 saturated heterocycles. The van der Waals surface area contributed by atoms with Gasteiger partial charge in [-0.25, -0.2) is 4.98 Å². The number of nitrogens with zero attached hydrogens (tertiary/aromatic N) is 3. The standard InChI is InChI=1S/C17H27N3O2S/c1-2-3-16(21)20-9-4-14(5-10-20)19-11-6-15(7-12-19)22-17-18-8-13-23-17/h8,13-15H,2-7,9-12H2,1H3. The van der Waals surface area contributed by atoms with E-state index < -0.39 is 0 Å². The summed E-state index contributed by atoms with van der Waals surface area (Å²) in [6.07, 6.45) is 8.14. The highest BCUT2D eigenvalue weighted by atomic mass is 32.1. The van der Waals surface area contributed by atoms with Gasteiger partial charge in [0.25, 0.3) is 5.19 Å². The van der Waals surface area contributed by atoms with Crippen LogP contribution in [0.2, 0.25) is 0 Å². The largest absolute Gasteiger partial charge is 0.467 e. The van der Waals surface area contributed by atoms with Crippen molar-refractivity contribution in [3.05, 3.63) is 11.6 Å². The smallest absolute Gasteiger partial charge is 0.273 e. The highest BCUT2D eigenvalue weighted by molar-refractivity contribution is 7.11. The zero-order chi connectivity index (χ0) is 16.1. The number of hydrogen-bond acceptors (Lipinski definition) is 5. The molecule has 1 aromatic heterocycles. The highest BCUT2D eigenvalue weighted by Crippen LogP contribution is 2.25. The first-order chi connectivity index (χ1) is 11.3. The molecule has 6 heteroatoms. The van der Waals surface area contributed by atoms with Crippen molar-refractivity contribution in [2.75, 3.05) is 26.2 Å². The molecule has 2 aliphatic heterocycles. The number of rotatable bonds is 5. The summed E-state index contributed by atoms with van der Waals surface area (Å²) >= 11 is 1.57. The maximum Gasteiger partial charge on any atom is 0.273 e. The highest BCUT2D eigenvalue weighted by Gasteiger charge is 2.30. The Kier molecular flexibility index (Phi) is 5.89. The number of thiazole rings is 1. The molecule has 5 nitrogen and oxygen atoms in total. The molecular weight excluding hydrogens is 310 g/mol. The lowest BCUT2D eigenvalue weighted by molar-refractivity contribution is -0.132. The second-order valence-electron chi connectivity index (χ2n) is 6.51. The number of piperidine rings is 2. The molecule has 0 bridgehead atoms. The zero-order valence-electron chi connectivity index (χ0n) is 13.9. The fourth-order valence-corrected chi connectivity index (χ4v) is 4.17. The Hall–Kier alpha value is -1.14. The van der Waals surface area contributed by atoms with E-state index in [0.29, 0.717) is 24.5 Å². The molecule has 2 fully saturated rings. The molecule has 0 atom stereocenters. The van der Waals surface area contributed by atoms with Crippen molar-refractivity contribution >= 4 is 17.2 Å². The lowest BCUT2D eigenvalue weighted by Crippen LogP contribution is -2.50. The van der Waals surface area contributed by atoms with Crippen molar-refractivity contribution in [3.8, 4) is 5.19 Å². The van der Waals surface area contributed by atoms with Crippen LogP contribution in [0.3, 0.4) is 0 Å². The summed E-state index contributed by atoms with van der Waals surface area (Å²) in [5.41, 5.74) is 0. The number of ether oxygens (including phenoxy) is 1. The number of carbonyl (C=O) groups is 1. The number of carbonyl (C=O) groups excluding carboxylic acids is 1. The molecule has 1 amide bonds. The first kappa shape index (κ1) is 16.7. The Morgan fingerprint density at radius 2 is 2.00 bits per heavy atom. The van der Waals surface area contributed by atoms with Crippen molar-refractivity contribution in [2.24, 2.45) is 0 Å². The molecule has 0 aromatic carbocycles. The van der Waals surface area contributed by atoms with Crippen LogP contribution in [-0.4, -0.2) is 59.0 Å². The summed E-state index contributed by atoms with van der Waals surface area (Å²) in [6, 6.07) is 0.640. The first-order valence-corrected chi connectivity index (χ1v) is 9.72. The summed E-state index contributed by atoms with van der Waals surface area (Å²) in [5.74, 6) is 0.335. The van der Waals surface area contributed by atoms with Crippen LogP contribution in [0.25, 0.3) is 0 Å². The normalized spacial score (nSPS) is 21.5. The van der Waals surface area contributed by atoms with E-state index in [1.54, 1.807) is 17.5 Å². The van der Waals surface area contributed by atoms with Crippen molar-refractivity contribution in [1.82, 2.24) is 14.8 Å². The van der Waals surface area contributed by atoms with Gasteiger partial charge < -0.3 is 9.64 Å². The third-order valence-corrected chi connectivity index (χ3v) is 5.61. The average molecular weight is 337 g/mol. The minimum Gasteiger partial charge on any atom is -0.467 e. The molecule has 0 unspecified atom stereocenters. The molecule has 128 valence electrons. The summed E-state index contributed by atoms with van der Waals surface area (Å²) in [6.45, 7) is 6.13. The topological polar surface area (TPSA) is 45.7 Å². The Morgan fingerprint density at radius 3 is 2.61 bits per heavy atom. The number of amides is 1. The van der Waals surface area contributed by atoms with Crippen molar-refractivity contribution in [3.63, 3.8) is 0 Å². The maximum absolute atomic E-state index is 12.0. The van der Waals surface area contributed by atoms with Gasteiger partial charge in [0.1, 0.15) is 6.10 Å². The van der Waals surface area contributed by atoms with Crippen LogP contribution in [0.15, 0.2) is 11.6 Å². The molecule has 23 heavy (non-hydrogen) atoms.